The van der Waals surface area contributed by atoms with Gasteiger partial charge in [0.15, 0.2) is 0 Å². The summed E-state index contributed by atoms with van der Waals surface area (Å²) in [4.78, 5) is 0. The Morgan fingerprint density at radius 1 is 0.788 bits per heavy atom. The molecule has 0 amide bonds. The van der Waals surface area contributed by atoms with Crippen molar-refractivity contribution in [3.8, 4) is 0 Å². The summed E-state index contributed by atoms with van der Waals surface area (Å²) in [5, 5.41) is 4.17. The third-order valence-electron chi connectivity index (χ3n) is 16.0. The SMILES string of the molecule is C=C(/C=C(C)\C(=C/C)NC1=C(C(/C2=C/CC=CC/C=C\C2)(c2ccccc2)c2ccccc2C)C=C(C)C=CC1)C12CC(c3ccc(Cc4c(C)cc(C)cc4C)cc3)C=C3CC(C1)C3C2. The van der Waals surface area contributed by atoms with Crippen LogP contribution < -0.4 is 5.32 Å². The maximum atomic E-state index is 5.00. The van der Waals surface area contributed by atoms with Gasteiger partial charge in [0.25, 0.3) is 0 Å². The summed E-state index contributed by atoms with van der Waals surface area (Å²) in [7, 11) is 0. The molecule has 0 saturated heterocycles. The molecule has 0 aromatic heterocycles. The molecule has 1 nitrogen and oxygen atoms in total. The second-order valence-electron chi connectivity index (χ2n) is 20.5. The largest absolute Gasteiger partial charge is 0.358 e. The molecule has 2 saturated carbocycles. The highest BCUT2D eigenvalue weighted by Gasteiger charge is 2.55. The van der Waals surface area contributed by atoms with Gasteiger partial charge in [-0.3, -0.25) is 0 Å². The van der Waals surface area contributed by atoms with Crippen LogP contribution >= 0.6 is 0 Å². The smallest absolute Gasteiger partial charge is 0.0684 e. The zero-order chi connectivity index (χ0) is 46.0. The molecule has 9 rings (SSSR count). The quantitative estimate of drug-likeness (QED) is 0.111. The van der Waals surface area contributed by atoms with Gasteiger partial charge in [0.05, 0.1) is 5.41 Å². The predicted molar refractivity (Wildman–Crippen MR) is 282 cm³/mol. The highest BCUT2D eigenvalue weighted by atomic mass is 14.9. The molecule has 1 heteroatoms. The third kappa shape index (κ3) is 8.75. The molecule has 0 radical (unpaired) electrons. The van der Waals surface area contributed by atoms with E-state index in [2.05, 4.69) is 212 Å². The van der Waals surface area contributed by atoms with E-state index in [0.717, 1.165) is 50.1 Å². The second-order valence-corrected chi connectivity index (χ2v) is 20.5. The topological polar surface area (TPSA) is 12.0 Å². The summed E-state index contributed by atoms with van der Waals surface area (Å²) in [6.45, 7) is 20.8. The van der Waals surface area contributed by atoms with Crippen LogP contribution in [0.5, 0.6) is 0 Å². The minimum Gasteiger partial charge on any atom is -0.358 e. The van der Waals surface area contributed by atoms with Gasteiger partial charge in [-0.2, -0.15) is 0 Å². The molecule has 5 aliphatic rings. The van der Waals surface area contributed by atoms with Gasteiger partial charge in [-0.15, -0.1) is 0 Å². The maximum absolute atomic E-state index is 5.00. The van der Waals surface area contributed by atoms with Gasteiger partial charge in [-0.1, -0.05) is 187 Å². The molecular weight excluding hydrogens is 795 g/mol. The fourth-order valence-corrected chi connectivity index (χ4v) is 12.7. The maximum Gasteiger partial charge on any atom is 0.0684 e. The van der Waals surface area contributed by atoms with E-state index in [1.165, 1.54) is 103 Å². The van der Waals surface area contributed by atoms with E-state index in [1.807, 2.05) is 0 Å². The van der Waals surface area contributed by atoms with Crippen LogP contribution in [0.3, 0.4) is 0 Å². The first-order chi connectivity index (χ1) is 32.0. The molecule has 1 N–H and O–H groups in total. The van der Waals surface area contributed by atoms with E-state index in [0.29, 0.717) is 11.8 Å². The minimum absolute atomic E-state index is 0.0810. The third-order valence-corrected chi connectivity index (χ3v) is 16.0. The van der Waals surface area contributed by atoms with Gasteiger partial charge in [-0.05, 0) is 178 Å². The highest BCUT2D eigenvalue weighted by Crippen LogP contribution is 2.66. The lowest BCUT2D eigenvalue weighted by Gasteiger charge is -2.42. The van der Waals surface area contributed by atoms with Gasteiger partial charge in [0, 0.05) is 23.7 Å². The average Bonchev–Trinajstić information content (AvgIpc) is 3.48. The first-order valence-corrected chi connectivity index (χ1v) is 24.9. The molecule has 336 valence electrons. The minimum atomic E-state index is -0.538. The number of fused-ring (bicyclic) bond motifs is 1. The van der Waals surface area contributed by atoms with Crippen molar-refractivity contribution in [2.24, 2.45) is 17.3 Å². The van der Waals surface area contributed by atoms with E-state index in [-0.39, 0.29) is 5.41 Å². The molecule has 4 aromatic carbocycles. The van der Waals surface area contributed by atoms with Crippen LogP contribution in [0.4, 0.5) is 0 Å². The molecule has 5 atom stereocenters. The van der Waals surface area contributed by atoms with Crippen molar-refractivity contribution in [3.63, 3.8) is 0 Å². The van der Waals surface area contributed by atoms with E-state index in [9.17, 15) is 0 Å². The Morgan fingerprint density at radius 3 is 2.27 bits per heavy atom. The first kappa shape index (κ1) is 45.2. The molecule has 0 heterocycles. The summed E-state index contributed by atoms with van der Waals surface area (Å²) < 4.78 is 0. The lowest BCUT2D eigenvalue weighted by atomic mass is 9.61. The van der Waals surface area contributed by atoms with Gasteiger partial charge >= 0.3 is 0 Å². The molecule has 5 unspecified atom stereocenters. The fourth-order valence-electron chi connectivity index (χ4n) is 12.7. The van der Waals surface area contributed by atoms with Crippen molar-refractivity contribution in [2.75, 3.05) is 0 Å². The standard InChI is InChI=1S/C65H71N/c1-9-62(49(7)37-50(8)64-41-54(39-53-40-55(42-64)59(53)43-64)52-32-30-51(31-33-52)38-58-47(5)34-45(3)35-48(58)6)66-63-29-21-22-44(2)36-61(63)65(57-26-17-14-18-27-57,60-28-20-19-23-46(60)4)56-24-15-12-10-11-13-16-25-56/h9-10,12-14,16-24,26-28,30-37,39,54-55,59,66H,8,11,15,25,29,38,40-43H2,1-7H3/b12-10?,16-13-,49-37-,56-24+,62-9+. The Kier molecular flexibility index (Phi) is 13.1. The predicted octanol–water partition coefficient (Wildman–Crippen LogP) is 16.7. The highest BCUT2D eigenvalue weighted by molar-refractivity contribution is 5.65. The van der Waals surface area contributed by atoms with E-state index < -0.39 is 5.41 Å². The lowest BCUT2D eigenvalue weighted by molar-refractivity contribution is 0.298. The lowest BCUT2D eigenvalue weighted by Crippen LogP contribution is -2.36. The van der Waals surface area contributed by atoms with Gasteiger partial charge in [0.1, 0.15) is 0 Å². The fraction of sp³-hybridized carbons (Fsp3) is 0.323. The van der Waals surface area contributed by atoms with Crippen LogP contribution in [0.25, 0.3) is 0 Å². The van der Waals surface area contributed by atoms with Crippen LogP contribution in [0.2, 0.25) is 0 Å². The van der Waals surface area contributed by atoms with Crippen molar-refractivity contribution in [1.29, 1.82) is 0 Å². The molecule has 0 spiro atoms. The summed E-state index contributed by atoms with van der Waals surface area (Å²) in [6.07, 6.45) is 35.8. The molecular formula is C65H71N. The number of rotatable bonds is 12. The second kappa shape index (κ2) is 19.1. The van der Waals surface area contributed by atoms with Crippen LogP contribution in [0.15, 0.2) is 209 Å². The Hall–Kier alpha value is -5.92. The molecule has 66 heavy (non-hydrogen) atoms. The summed E-state index contributed by atoms with van der Waals surface area (Å²) in [6, 6.07) is 34.7. The zero-order valence-electron chi connectivity index (χ0n) is 40.8. The van der Waals surface area contributed by atoms with Crippen molar-refractivity contribution < 1.29 is 0 Å². The van der Waals surface area contributed by atoms with E-state index in [4.69, 9.17) is 6.58 Å². The average molecular weight is 866 g/mol. The number of benzene rings is 4. The van der Waals surface area contributed by atoms with Crippen molar-refractivity contribution in [3.05, 3.63) is 259 Å². The molecule has 2 bridgehead atoms. The molecule has 2 fully saturated rings. The van der Waals surface area contributed by atoms with E-state index in [1.54, 1.807) is 5.57 Å². The van der Waals surface area contributed by atoms with Crippen LogP contribution in [0, 0.1) is 44.9 Å². The number of hydrogen-bond acceptors (Lipinski definition) is 1. The summed E-state index contributed by atoms with van der Waals surface area (Å²) >= 11 is 0. The number of allylic oxidation sites excluding steroid dienone is 17. The zero-order valence-corrected chi connectivity index (χ0v) is 40.8. The summed E-state index contributed by atoms with van der Waals surface area (Å²) in [5.41, 5.74) is 22.5. The van der Waals surface area contributed by atoms with E-state index >= 15 is 0 Å². The Bertz CT molecular complexity index is 2760. The van der Waals surface area contributed by atoms with Crippen LogP contribution in [0.1, 0.15) is 128 Å². The molecule has 0 aliphatic heterocycles. The first-order valence-electron chi connectivity index (χ1n) is 24.9. The number of nitrogens with one attached hydrogen (secondary N) is 1. The Labute approximate surface area is 397 Å². The van der Waals surface area contributed by atoms with Gasteiger partial charge in [-0.25, -0.2) is 0 Å². The van der Waals surface area contributed by atoms with Crippen LogP contribution in [-0.2, 0) is 11.8 Å². The molecule has 5 aliphatic carbocycles. The monoisotopic (exact) mass is 866 g/mol. The molecule has 4 aromatic rings. The van der Waals surface area contributed by atoms with Crippen LogP contribution in [-0.4, -0.2) is 0 Å². The normalized spacial score (nSPS) is 25.1. The Balaban J connectivity index is 1.07. The summed E-state index contributed by atoms with van der Waals surface area (Å²) in [5.74, 6) is 1.89. The Morgan fingerprint density at radius 2 is 1.52 bits per heavy atom. The van der Waals surface area contributed by atoms with Gasteiger partial charge in [0.2, 0.25) is 0 Å². The van der Waals surface area contributed by atoms with Crippen molar-refractivity contribution >= 4 is 0 Å². The van der Waals surface area contributed by atoms with Crippen molar-refractivity contribution in [1.82, 2.24) is 5.32 Å². The van der Waals surface area contributed by atoms with Crippen molar-refractivity contribution in [2.45, 2.75) is 118 Å². The van der Waals surface area contributed by atoms with Gasteiger partial charge < -0.3 is 5.32 Å². The number of hydrogen-bond donors (Lipinski definition) is 1. The number of aryl methyl sites for hydroxylation is 4.